The number of Topliss-reactive ketones (excluding diaryl/α,β-unsaturated/α-hetero) is 1. The predicted octanol–water partition coefficient (Wildman–Crippen LogP) is 3.85. The minimum Gasteiger partial charge on any atom is -0.293 e. The SMILES string of the molecule is CCC(C)(C)C(=O)c1cccc2cccnc12. The largest absolute Gasteiger partial charge is 0.293 e. The van der Waals surface area contributed by atoms with Crippen molar-refractivity contribution in [1.82, 2.24) is 4.98 Å². The van der Waals surface area contributed by atoms with Crippen LogP contribution >= 0.6 is 0 Å². The van der Waals surface area contributed by atoms with E-state index in [0.29, 0.717) is 0 Å². The lowest BCUT2D eigenvalue weighted by Gasteiger charge is -2.21. The number of rotatable bonds is 3. The first kappa shape index (κ1) is 11.8. The van der Waals surface area contributed by atoms with Gasteiger partial charge in [-0.1, -0.05) is 39.0 Å². The molecule has 0 amide bonds. The zero-order valence-electron chi connectivity index (χ0n) is 10.5. The van der Waals surface area contributed by atoms with Crippen molar-refractivity contribution in [2.45, 2.75) is 27.2 Å². The van der Waals surface area contributed by atoms with Crippen LogP contribution in [0.4, 0.5) is 0 Å². The van der Waals surface area contributed by atoms with E-state index in [1.54, 1.807) is 6.20 Å². The molecule has 17 heavy (non-hydrogen) atoms. The van der Waals surface area contributed by atoms with E-state index >= 15 is 0 Å². The van der Waals surface area contributed by atoms with Gasteiger partial charge >= 0.3 is 0 Å². The number of ketones is 1. The van der Waals surface area contributed by atoms with Gasteiger partial charge in [0.05, 0.1) is 5.52 Å². The second-order valence-corrected chi connectivity index (χ2v) is 4.95. The average Bonchev–Trinajstić information content (AvgIpc) is 2.37. The average molecular weight is 227 g/mol. The Morgan fingerprint density at radius 1 is 1.24 bits per heavy atom. The van der Waals surface area contributed by atoms with Crippen LogP contribution in [0.5, 0.6) is 0 Å². The molecule has 0 N–H and O–H groups in total. The zero-order valence-corrected chi connectivity index (χ0v) is 10.5. The summed E-state index contributed by atoms with van der Waals surface area (Å²) in [6.45, 7) is 6.00. The quantitative estimate of drug-likeness (QED) is 0.745. The predicted molar refractivity (Wildman–Crippen MR) is 70.1 cm³/mol. The molecule has 2 heteroatoms. The molecule has 0 saturated heterocycles. The van der Waals surface area contributed by atoms with Gasteiger partial charge in [-0.2, -0.15) is 0 Å². The molecule has 0 atom stereocenters. The molecule has 0 bridgehead atoms. The number of carbonyl (C=O) groups excluding carboxylic acids is 1. The summed E-state index contributed by atoms with van der Waals surface area (Å²) in [4.78, 5) is 16.8. The van der Waals surface area contributed by atoms with Gasteiger partial charge in [-0.15, -0.1) is 0 Å². The second kappa shape index (κ2) is 4.28. The summed E-state index contributed by atoms with van der Waals surface area (Å²) in [5, 5.41) is 1.02. The molecule has 0 aliphatic carbocycles. The number of aromatic nitrogens is 1. The first-order valence-corrected chi connectivity index (χ1v) is 5.95. The van der Waals surface area contributed by atoms with Gasteiger partial charge in [-0.3, -0.25) is 9.78 Å². The van der Waals surface area contributed by atoms with E-state index in [2.05, 4.69) is 4.98 Å². The fraction of sp³-hybridized carbons (Fsp3) is 0.333. The van der Waals surface area contributed by atoms with Gasteiger partial charge in [0.25, 0.3) is 0 Å². The molecule has 0 radical (unpaired) electrons. The van der Waals surface area contributed by atoms with Crippen molar-refractivity contribution in [3.8, 4) is 0 Å². The van der Waals surface area contributed by atoms with Gasteiger partial charge in [0.1, 0.15) is 0 Å². The van der Waals surface area contributed by atoms with E-state index < -0.39 is 0 Å². The molecule has 0 spiro atoms. The molecule has 1 aromatic heterocycles. The minimum atomic E-state index is -0.328. The molecule has 0 unspecified atom stereocenters. The first-order chi connectivity index (χ1) is 8.06. The molecule has 88 valence electrons. The monoisotopic (exact) mass is 227 g/mol. The van der Waals surface area contributed by atoms with Crippen LogP contribution in [0.2, 0.25) is 0 Å². The topological polar surface area (TPSA) is 30.0 Å². The number of fused-ring (bicyclic) bond motifs is 1. The Hall–Kier alpha value is -1.70. The van der Waals surface area contributed by atoms with Crippen LogP contribution in [0.25, 0.3) is 10.9 Å². The number of pyridine rings is 1. The Morgan fingerprint density at radius 3 is 2.65 bits per heavy atom. The highest BCUT2D eigenvalue weighted by molar-refractivity contribution is 6.09. The summed E-state index contributed by atoms with van der Waals surface area (Å²) in [7, 11) is 0. The Balaban J connectivity index is 2.60. The smallest absolute Gasteiger partial charge is 0.170 e. The Morgan fingerprint density at radius 2 is 1.94 bits per heavy atom. The van der Waals surface area contributed by atoms with Crippen LogP contribution < -0.4 is 0 Å². The maximum absolute atomic E-state index is 12.5. The van der Waals surface area contributed by atoms with Crippen molar-refractivity contribution >= 4 is 16.7 Å². The molecule has 1 aromatic carbocycles. The summed E-state index contributed by atoms with van der Waals surface area (Å²) in [6, 6.07) is 9.65. The minimum absolute atomic E-state index is 0.171. The maximum Gasteiger partial charge on any atom is 0.170 e. The van der Waals surface area contributed by atoms with Crippen LogP contribution in [0, 0.1) is 5.41 Å². The summed E-state index contributed by atoms with van der Waals surface area (Å²) in [5.41, 5.74) is 1.21. The van der Waals surface area contributed by atoms with Crippen molar-refractivity contribution in [2.75, 3.05) is 0 Å². The third-order valence-corrected chi connectivity index (χ3v) is 3.38. The van der Waals surface area contributed by atoms with Crippen molar-refractivity contribution in [3.05, 3.63) is 42.1 Å². The maximum atomic E-state index is 12.5. The number of para-hydroxylation sites is 1. The van der Waals surface area contributed by atoms with Gasteiger partial charge in [-0.25, -0.2) is 0 Å². The van der Waals surface area contributed by atoms with Crippen LogP contribution in [-0.2, 0) is 0 Å². The van der Waals surface area contributed by atoms with Gasteiger partial charge in [0.2, 0.25) is 0 Å². The summed E-state index contributed by atoms with van der Waals surface area (Å²) in [6.07, 6.45) is 2.56. The van der Waals surface area contributed by atoms with E-state index in [-0.39, 0.29) is 11.2 Å². The van der Waals surface area contributed by atoms with Crippen LogP contribution in [0.1, 0.15) is 37.6 Å². The molecular weight excluding hydrogens is 210 g/mol. The van der Waals surface area contributed by atoms with Gasteiger partial charge < -0.3 is 0 Å². The summed E-state index contributed by atoms with van der Waals surface area (Å²) < 4.78 is 0. The highest BCUT2D eigenvalue weighted by Crippen LogP contribution is 2.28. The molecule has 2 nitrogen and oxygen atoms in total. The third kappa shape index (κ3) is 2.07. The zero-order chi connectivity index (χ0) is 12.5. The lowest BCUT2D eigenvalue weighted by molar-refractivity contribution is 0.0834. The number of benzene rings is 1. The number of hydrogen-bond acceptors (Lipinski definition) is 2. The van der Waals surface area contributed by atoms with E-state index in [4.69, 9.17) is 0 Å². The molecule has 0 saturated carbocycles. The van der Waals surface area contributed by atoms with Crippen molar-refractivity contribution in [1.29, 1.82) is 0 Å². The highest BCUT2D eigenvalue weighted by atomic mass is 16.1. The van der Waals surface area contributed by atoms with Gasteiger partial charge in [-0.05, 0) is 18.6 Å². The summed E-state index contributed by atoms with van der Waals surface area (Å²) in [5.74, 6) is 0.171. The molecule has 0 fully saturated rings. The van der Waals surface area contributed by atoms with Crippen molar-refractivity contribution in [3.63, 3.8) is 0 Å². The van der Waals surface area contributed by atoms with E-state index in [9.17, 15) is 4.79 Å². The second-order valence-electron chi connectivity index (χ2n) is 4.95. The standard InChI is InChI=1S/C15H17NO/c1-4-15(2,3)14(17)12-9-5-7-11-8-6-10-16-13(11)12/h5-10H,4H2,1-3H3. The van der Waals surface area contributed by atoms with Crippen molar-refractivity contribution in [2.24, 2.45) is 5.41 Å². The lowest BCUT2D eigenvalue weighted by atomic mass is 9.81. The van der Waals surface area contributed by atoms with E-state index in [1.165, 1.54) is 0 Å². The molecule has 1 heterocycles. The molecule has 2 rings (SSSR count). The fourth-order valence-electron chi connectivity index (χ4n) is 1.81. The Labute approximate surface area is 102 Å². The van der Waals surface area contributed by atoms with Crippen LogP contribution in [0.3, 0.4) is 0 Å². The normalized spacial score (nSPS) is 11.7. The Bertz CT molecular complexity index is 552. The van der Waals surface area contributed by atoms with E-state index in [0.717, 1.165) is 22.9 Å². The molecule has 0 aliphatic heterocycles. The van der Waals surface area contributed by atoms with Crippen LogP contribution in [0.15, 0.2) is 36.5 Å². The third-order valence-electron chi connectivity index (χ3n) is 3.38. The summed E-state index contributed by atoms with van der Waals surface area (Å²) >= 11 is 0. The van der Waals surface area contributed by atoms with Gasteiger partial charge in [0.15, 0.2) is 5.78 Å². The number of hydrogen-bond donors (Lipinski definition) is 0. The van der Waals surface area contributed by atoms with Crippen LogP contribution in [-0.4, -0.2) is 10.8 Å². The highest BCUT2D eigenvalue weighted by Gasteiger charge is 2.27. The molecule has 2 aromatic rings. The van der Waals surface area contributed by atoms with E-state index in [1.807, 2.05) is 51.1 Å². The molecular formula is C15H17NO. The van der Waals surface area contributed by atoms with Crippen molar-refractivity contribution < 1.29 is 4.79 Å². The molecule has 0 aliphatic rings. The first-order valence-electron chi connectivity index (χ1n) is 5.95. The number of nitrogens with zero attached hydrogens (tertiary/aromatic N) is 1. The number of carbonyl (C=O) groups is 1. The van der Waals surface area contributed by atoms with Gasteiger partial charge in [0, 0.05) is 22.6 Å². The Kier molecular flexibility index (Phi) is 2.97. The fourth-order valence-corrected chi connectivity index (χ4v) is 1.81. The lowest BCUT2D eigenvalue weighted by Crippen LogP contribution is -2.23.